The van der Waals surface area contributed by atoms with Crippen LogP contribution in [0.25, 0.3) is 12.2 Å². The third-order valence-corrected chi connectivity index (χ3v) is 3.80. The number of carbonyl (C=O) groups excluding carboxylic acids is 1. The quantitative estimate of drug-likeness (QED) is 0.480. The molecule has 1 amide bonds. The van der Waals surface area contributed by atoms with Gasteiger partial charge in [-0.2, -0.15) is 0 Å². The molecule has 2 N–H and O–H groups in total. The van der Waals surface area contributed by atoms with Gasteiger partial charge >= 0.3 is 0 Å². The number of carbonyl (C=O) groups is 1. The van der Waals surface area contributed by atoms with Crippen LogP contribution in [0.2, 0.25) is 0 Å². The molecule has 23 heavy (non-hydrogen) atoms. The molecule has 1 aromatic heterocycles. The third kappa shape index (κ3) is 4.77. The highest BCUT2D eigenvalue weighted by Gasteiger charge is 2.00. The number of aromatic nitrogens is 1. The Morgan fingerprint density at radius 1 is 1.17 bits per heavy atom. The third-order valence-electron chi connectivity index (χ3n) is 3.08. The number of benzene rings is 1. The summed E-state index contributed by atoms with van der Waals surface area (Å²) in [6.07, 6.45) is 7.95. The fourth-order valence-electron chi connectivity index (χ4n) is 1.93. The topological polar surface area (TPSA) is 71.3 Å². The van der Waals surface area contributed by atoms with E-state index in [1.807, 2.05) is 36.4 Å². The van der Waals surface area contributed by atoms with Crippen LogP contribution in [-0.2, 0) is 11.3 Å². The van der Waals surface area contributed by atoms with Crippen LogP contribution in [0.15, 0.2) is 64.0 Å². The Bertz CT molecular complexity index is 809. The van der Waals surface area contributed by atoms with Crippen LogP contribution in [0.3, 0.4) is 0 Å². The second-order valence-corrected chi connectivity index (χ2v) is 5.51. The van der Waals surface area contributed by atoms with Gasteiger partial charge in [-0.05, 0) is 29.8 Å². The van der Waals surface area contributed by atoms with Gasteiger partial charge in [0.05, 0.1) is 0 Å². The average Bonchev–Trinajstić information content (AvgIpc) is 2.56. The molecule has 0 radical (unpaired) electrons. The van der Waals surface area contributed by atoms with Crippen LogP contribution in [0.1, 0.15) is 11.1 Å². The Kier molecular flexibility index (Phi) is 6.08. The fraction of sp³-hybridized carbons (Fsp3) is 0.0588. The van der Waals surface area contributed by atoms with E-state index >= 15 is 0 Å². The number of pyridine rings is 1. The monoisotopic (exact) mass is 374 g/mol. The second-order valence-electron chi connectivity index (χ2n) is 4.65. The molecular weight excluding hydrogens is 360 g/mol. The van der Waals surface area contributed by atoms with E-state index in [0.717, 1.165) is 16.1 Å². The van der Waals surface area contributed by atoms with E-state index in [9.17, 15) is 9.59 Å². The van der Waals surface area contributed by atoms with Crippen molar-refractivity contribution in [2.45, 2.75) is 6.54 Å². The minimum atomic E-state index is -0.686. The van der Waals surface area contributed by atoms with Gasteiger partial charge in [0.25, 0.3) is 11.5 Å². The van der Waals surface area contributed by atoms with E-state index in [4.69, 9.17) is 5.21 Å². The first-order valence-electron chi connectivity index (χ1n) is 6.84. The van der Waals surface area contributed by atoms with Crippen LogP contribution in [0.4, 0.5) is 0 Å². The number of allylic oxidation sites excluding steroid dienone is 1. The summed E-state index contributed by atoms with van der Waals surface area (Å²) >= 11 is 3.46. The molecule has 0 unspecified atom stereocenters. The summed E-state index contributed by atoms with van der Waals surface area (Å²) in [5.41, 5.74) is 2.65. The predicted molar refractivity (Wildman–Crippen MR) is 92.8 cm³/mol. The summed E-state index contributed by atoms with van der Waals surface area (Å²) in [7, 11) is 0. The zero-order valence-electron chi connectivity index (χ0n) is 12.1. The molecule has 2 rings (SSSR count). The average molecular weight is 375 g/mol. The highest BCUT2D eigenvalue weighted by atomic mass is 79.9. The van der Waals surface area contributed by atoms with Gasteiger partial charge in [-0.3, -0.25) is 14.8 Å². The van der Waals surface area contributed by atoms with Crippen LogP contribution < -0.4 is 11.0 Å². The zero-order valence-corrected chi connectivity index (χ0v) is 13.7. The first-order chi connectivity index (χ1) is 11.1. The van der Waals surface area contributed by atoms with Crippen molar-refractivity contribution in [3.05, 3.63) is 80.7 Å². The number of nitrogens with one attached hydrogen (secondary N) is 1. The molecule has 0 saturated carbocycles. The summed E-state index contributed by atoms with van der Waals surface area (Å²) in [5.74, 6) is -0.686. The predicted octanol–water partition coefficient (Wildman–Crippen LogP) is 2.84. The molecule has 6 heteroatoms. The molecular formula is C17H15BrN2O3. The molecule has 5 nitrogen and oxygen atoms in total. The first kappa shape index (κ1) is 16.9. The van der Waals surface area contributed by atoms with E-state index in [1.165, 1.54) is 16.1 Å². The van der Waals surface area contributed by atoms with Gasteiger partial charge < -0.3 is 4.57 Å². The number of hydroxylamine groups is 1. The molecule has 1 heterocycles. The first-order valence-corrected chi connectivity index (χ1v) is 7.64. The minimum Gasteiger partial charge on any atom is -0.311 e. The van der Waals surface area contributed by atoms with Crippen molar-refractivity contribution < 1.29 is 10.0 Å². The lowest BCUT2D eigenvalue weighted by Gasteiger charge is -2.03. The minimum absolute atomic E-state index is 0.216. The van der Waals surface area contributed by atoms with Gasteiger partial charge in [0, 0.05) is 28.9 Å². The molecule has 1 aromatic carbocycles. The maximum Gasteiger partial charge on any atom is 0.267 e. The summed E-state index contributed by atoms with van der Waals surface area (Å²) in [6, 6.07) is 11.1. The van der Waals surface area contributed by atoms with E-state index in [-0.39, 0.29) is 5.56 Å². The van der Waals surface area contributed by atoms with Crippen molar-refractivity contribution >= 4 is 34.0 Å². The number of rotatable bonds is 5. The summed E-state index contributed by atoms with van der Waals surface area (Å²) in [4.78, 5) is 23.2. The number of hydrogen-bond acceptors (Lipinski definition) is 3. The highest BCUT2D eigenvalue weighted by molar-refractivity contribution is 9.10. The Balaban J connectivity index is 2.15. The van der Waals surface area contributed by atoms with Gasteiger partial charge in [0.15, 0.2) is 0 Å². The summed E-state index contributed by atoms with van der Waals surface area (Å²) in [6.45, 7) is 0.411. The molecule has 0 aliphatic heterocycles. The van der Waals surface area contributed by atoms with Crippen LogP contribution >= 0.6 is 15.9 Å². The second kappa shape index (κ2) is 8.26. The Morgan fingerprint density at radius 2 is 1.91 bits per heavy atom. The molecule has 118 valence electrons. The lowest BCUT2D eigenvalue weighted by atomic mass is 10.2. The molecule has 0 saturated heterocycles. The Labute approximate surface area is 141 Å². The lowest BCUT2D eigenvalue weighted by Crippen LogP contribution is -2.21. The van der Waals surface area contributed by atoms with Crippen molar-refractivity contribution in [3.63, 3.8) is 0 Å². The van der Waals surface area contributed by atoms with Gasteiger partial charge in [0.1, 0.15) is 0 Å². The fourth-order valence-corrected chi connectivity index (χ4v) is 2.35. The van der Waals surface area contributed by atoms with Gasteiger partial charge in [-0.1, -0.05) is 46.3 Å². The number of halogens is 1. The van der Waals surface area contributed by atoms with Gasteiger partial charge in [0.2, 0.25) is 0 Å². The lowest BCUT2D eigenvalue weighted by molar-refractivity contribution is -0.124. The van der Waals surface area contributed by atoms with Gasteiger partial charge in [-0.25, -0.2) is 5.48 Å². The van der Waals surface area contributed by atoms with Crippen molar-refractivity contribution in [2.24, 2.45) is 0 Å². The normalized spacial score (nSPS) is 11.2. The van der Waals surface area contributed by atoms with Gasteiger partial charge in [-0.15, -0.1) is 0 Å². The Morgan fingerprint density at radius 3 is 2.65 bits per heavy atom. The number of hydrogen-bond donors (Lipinski definition) is 2. The van der Waals surface area contributed by atoms with Crippen molar-refractivity contribution in [1.82, 2.24) is 10.0 Å². The smallest absolute Gasteiger partial charge is 0.267 e. The maximum atomic E-state index is 12.3. The van der Waals surface area contributed by atoms with Crippen LogP contribution in [-0.4, -0.2) is 15.7 Å². The van der Waals surface area contributed by atoms with E-state index < -0.39 is 5.91 Å². The van der Waals surface area contributed by atoms with Crippen molar-refractivity contribution in [2.75, 3.05) is 0 Å². The van der Waals surface area contributed by atoms with E-state index in [0.29, 0.717) is 12.1 Å². The SMILES string of the molecule is O=C(/C=C/c1cccn(C/C=C/c2ccccc2Br)c1=O)NO. The summed E-state index contributed by atoms with van der Waals surface area (Å²) < 4.78 is 2.51. The standard InChI is InChI=1S/C17H15BrN2O3/c18-15-8-2-1-5-13(15)6-3-11-20-12-4-7-14(17(20)22)9-10-16(21)19-23/h1-10,12,23H,11H2,(H,19,21)/b6-3+,10-9+. The largest absolute Gasteiger partial charge is 0.311 e. The number of amides is 1. The summed E-state index contributed by atoms with van der Waals surface area (Å²) in [5, 5.41) is 8.44. The molecule has 0 aliphatic rings. The zero-order chi connectivity index (χ0) is 16.7. The van der Waals surface area contributed by atoms with Crippen molar-refractivity contribution in [1.29, 1.82) is 0 Å². The molecule has 0 spiro atoms. The van der Waals surface area contributed by atoms with E-state index in [2.05, 4.69) is 15.9 Å². The number of nitrogens with zero attached hydrogens (tertiary/aromatic N) is 1. The van der Waals surface area contributed by atoms with Crippen LogP contribution in [0.5, 0.6) is 0 Å². The van der Waals surface area contributed by atoms with Crippen molar-refractivity contribution in [3.8, 4) is 0 Å². The molecule has 2 aromatic rings. The Hall–Kier alpha value is -2.44. The van der Waals surface area contributed by atoms with Crippen LogP contribution in [0, 0.1) is 0 Å². The molecule has 0 fully saturated rings. The molecule has 0 bridgehead atoms. The molecule has 0 aliphatic carbocycles. The molecule has 0 atom stereocenters. The van der Waals surface area contributed by atoms with E-state index in [1.54, 1.807) is 18.3 Å². The maximum absolute atomic E-state index is 12.3. The highest BCUT2D eigenvalue weighted by Crippen LogP contribution is 2.17.